The summed E-state index contributed by atoms with van der Waals surface area (Å²) >= 11 is 0. The van der Waals surface area contributed by atoms with Crippen molar-refractivity contribution in [2.24, 2.45) is 35.5 Å². The minimum Gasteiger partial charge on any atom is -0.481 e. The molecule has 8 atom stereocenters. The molecule has 1 aromatic rings. The quantitative estimate of drug-likeness (QED) is 0.237. The first-order valence-electron chi connectivity index (χ1n) is 13.6. The summed E-state index contributed by atoms with van der Waals surface area (Å²) < 4.78 is 6.42. The number of Topliss-reactive ketones (excluding diaryl/α,β-unsaturated/α-hetero) is 1. The Hall–Kier alpha value is -2.40. The average Bonchev–Trinajstić information content (AvgIpc) is 3.55. The van der Waals surface area contributed by atoms with E-state index in [4.69, 9.17) is 4.74 Å². The number of allylic oxidation sites excluding steroid dienone is 5. The van der Waals surface area contributed by atoms with Crippen molar-refractivity contribution < 1.29 is 19.4 Å². The van der Waals surface area contributed by atoms with Crippen LogP contribution in [0.3, 0.4) is 0 Å². The zero-order valence-electron chi connectivity index (χ0n) is 21.4. The highest BCUT2D eigenvalue weighted by Crippen LogP contribution is 2.46. The van der Waals surface area contributed by atoms with Gasteiger partial charge in [-0.3, -0.25) is 9.59 Å². The highest BCUT2D eigenvalue weighted by molar-refractivity contribution is 5.97. The van der Waals surface area contributed by atoms with E-state index < -0.39 is 11.9 Å². The molecule has 2 fully saturated rings. The van der Waals surface area contributed by atoms with Crippen molar-refractivity contribution in [2.75, 3.05) is 0 Å². The first kappa shape index (κ1) is 25.7. The topological polar surface area (TPSA) is 79.4 Å². The van der Waals surface area contributed by atoms with Crippen LogP contribution in [0.5, 0.6) is 0 Å². The van der Waals surface area contributed by atoms with Gasteiger partial charge in [0.15, 0.2) is 5.78 Å². The van der Waals surface area contributed by atoms with Gasteiger partial charge in [-0.1, -0.05) is 57.6 Å². The summed E-state index contributed by atoms with van der Waals surface area (Å²) in [7, 11) is 0. The van der Waals surface area contributed by atoms with Gasteiger partial charge >= 0.3 is 5.97 Å². The van der Waals surface area contributed by atoms with Gasteiger partial charge in [0, 0.05) is 18.0 Å². The lowest BCUT2D eigenvalue weighted by atomic mass is 9.69. The van der Waals surface area contributed by atoms with Crippen LogP contribution in [0.1, 0.15) is 76.2 Å². The molecule has 1 aromatic heterocycles. The molecule has 2 heterocycles. The van der Waals surface area contributed by atoms with Crippen molar-refractivity contribution in [1.29, 1.82) is 0 Å². The van der Waals surface area contributed by atoms with Crippen molar-refractivity contribution in [2.45, 2.75) is 77.9 Å². The number of rotatable bonds is 9. The van der Waals surface area contributed by atoms with Crippen LogP contribution in [0.2, 0.25) is 0 Å². The number of aromatic amines is 1. The van der Waals surface area contributed by atoms with E-state index in [9.17, 15) is 14.7 Å². The molecule has 5 nitrogen and oxygen atoms in total. The molecule has 190 valence electrons. The van der Waals surface area contributed by atoms with Gasteiger partial charge < -0.3 is 14.8 Å². The molecule has 0 spiro atoms. The SMILES string of the molecule is CC/C(=C\C=C\[C@H]1C=C[C@@H]2CCC[C@H]2[C@@H]1C(=O)c1ccc[nH]1)[C@@H]1O[C@@H]([C@@H](CC)C(=O)O)CC[C@@H]1C. The van der Waals surface area contributed by atoms with E-state index in [2.05, 4.69) is 49.2 Å². The molecule has 5 heteroatoms. The summed E-state index contributed by atoms with van der Waals surface area (Å²) in [5.74, 6) is 0.323. The van der Waals surface area contributed by atoms with Crippen LogP contribution in [0.25, 0.3) is 0 Å². The molecule has 1 aliphatic heterocycles. The summed E-state index contributed by atoms with van der Waals surface area (Å²) in [6.45, 7) is 6.26. The summed E-state index contributed by atoms with van der Waals surface area (Å²) in [6.07, 6.45) is 19.2. The zero-order valence-corrected chi connectivity index (χ0v) is 21.4. The van der Waals surface area contributed by atoms with Crippen molar-refractivity contribution in [3.8, 4) is 0 Å². The van der Waals surface area contributed by atoms with Crippen molar-refractivity contribution in [1.82, 2.24) is 4.98 Å². The average molecular weight is 480 g/mol. The highest BCUT2D eigenvalue weighted by atomic mass is 16.5. The molecule has 0 aromatic carbocycles. The first-order valence-corrected chi connectivity index (χ1v) is 13.6. The number of fused-ring (bicyclic) bond motifs is 1. The fourth-order valence-corrected chi connectivity index (χ4v) is 6.63. The highest BCUT2D eigenvalue weighted by Gasteiger charge is 2.42. The second kappa shape index (κ2) is 11.6. The van der Waals surface area contributed by atoms with Gasteiger partial charge in [0.2, 0.25) is 0 Å². The Labute approximate surface area is 209 Å². The van der Waals surface area contributed by atoms with Crippen LogP contribution in [0.4, 0.5) is 0 Å². The maximum Gasteiger partial charge on any atom is 0.309 e. The number of hydrogen-bond acceptors (Lipinski definition) is 3. The number of carbonyl (C=O) groups excluding carboxylic acids is 1. The number of carboxylic acid groups (broad SMARTS) is 1. The number of H-pyrrole nitrogens is 1. The van der Waals surface area contributed by atoms with Crippen LogP contribution >= 0.6 is 0 Å². The Kier molecular flexibility index (Phi) is 8.48. The zero-order chi connectivity index (χ0) is 24.9. The molecule has 0 radical (unpaired) electrons. The maximum absolute atomic E-state index is 13.5. The lowest BCUT2D eigenvalue weighted by Crippen LogP contribution is -2.41. The lowest BCUT2D eigenvalue weighted by molar-refractivity contribution is -0.154. The summed E-state index contributed by atoms with van der Waals surface area (Å²) in [4.78, 5) is 28.3. The Morgan fingerprint density at radius 3 is 2.71 bits per heavy atom. The smallest absolute Gasteiger partial charge is 0.309 e. The molecule has 0 amide bonds. The molecular formula is C30H41NO4. The predicted molar refractivity (Wildman–Crippen MR) is 138 cm³/mol. The molecule has 3 aliphatic rings. The van der Waals surface area contributed by atoms with E-state index in [0.717, 1.165) is 25.7 Å². The molecule has 0 unspecified atom stereocenters. The number of ketones is 1. The molecular weight excluding hydrogens is 438 g/mol. The number of carbonyl (C=O) groups is 2. The molecule has 1 saturated carbocycles. The number of hydrogen-bond donors (Lipinski definition) is 2. The second-order valence-electron chi connectivity index (χ2n) is 10.7. The minimum absolute atomic E-state index is 0.0315. The maximum atomic E-state index is 13.5. The van der Waals surface area contributed by atoms with E-state index in [-0.39, 0.29) is 29.8 Å². The van der Waals surface area contributed by atoms with Gasteiger partial charge in [-0.05, 0) is 74.0 Å². The Bertz CT molecular complexity index is 959. The molecule has 4 rings (SSSR count). The minimum atomic E-state index is -0.764. The van der Waals surface area contributed by atoms with Crippen LogP contribution in [-0.2, 0) is 9.53 Å². The normalized spacial score (nSPS) is 34.1. The van der Waals surface area contributed by atoms with Gasteiger partial charge in [0.25, 0.3) is 0 Å². The van der Waals surface area contributed by atoms with Gasteiger partial charge in [-0.25, -0.2) is 0 Å². The van der Waals surface area contributed by atoms with E-state index in [1.807, 2.05) is 25.3 Å². The van der Waals surface area contributed by atoms with Crippen LogP contribution in [-0.4, -0.2) is 34.1 Å². The fourth-order valence-electron chi connectivity index (χ4n) is 6.63. The number of nitrogens with one attached hydrogen (secondary N) is 1. The standard InChI is InChI=1S/C30H41NO4/c1-4-20(29-19(3)14-17-26(35-29)23(5-2)30(33)34)9-6-11-22-16-15-21-10-7-12-24(21)27(22)28(32)25-13-8-18-31-25/h6,8-9,11,13,15-16,18-19,21-24,26-27,29,31H,4-5,7,10,12,14,17H2,1-3H3,(H,33,34)/b11-6+,20-9+/t19-,21-,22-,23+,24+,26+,27+,29+/m0/s1. The largest absolute Gasteiger partial charge is 0.481 e. The van der Waals surface area contributed by atoms with Crippen molar-refractivity contribution in [3.05, 3.63) is 60.0 Å². The van der Waals surface area contributed by atoms with Gasteiger partial charge in [0.05, 0.1) is 23.8 Å². The van der Waals surface area contributed by atoms with Crippen molar-refractivity contribution >= 4 is 11.8 Å². The fraction of sp³-hybridized carbons (Fsp3) is 0.600. The molecule has 2 N–H and O–H groups in total. The third-order valence-electron chi connectivity index (χ3n) is 8.62. The second-order valence-corrected chi connectivity index (χ2v) is 10.7. The van der Waals surface area contributed by atoms with Crippen LogP contribution in [0, 0.1) is 35.5 Å². The summed E-state index contributed by atoms with van der Waals surface area (Å²) in [5.41, 5.74) is 1.91. The molecule has 2 aliphatic carbocycles. The van der Waals surface area contributed by atoms with E-state index >= 15 is 0 Å². The van der Waals surface area contributed by atoms with E-state index in [1.54, 1.807) is 0 Å². The number of aliphatic carboxylic acids is 1. The molecule has 1 saturated heterocycles. The van der Waals surface area contributed by atoms with Gasteiger partial charge in [-0.15, -0.1) is 0 Å². The van der Waals surface area contributed by atoms with Crippen LogP contribution < -0.4 is 0 Å². The Morgan fingerprint density at radius 2 is 2.03 bits per heavy atom. The van der Waals surface area contributed by atoms with Gasteiger partial charge in [0.1, 0.15) is 0 Å². The summed E-state index contributed by atoms with van der Waals surface area (Å²) in [5, 5.41) is 9.62. The van der Waals surface area contributed by atoms with Gasteiger partial charge in [-0.2, -0.15) is 0 Å². The monoisotopic (exact) mass is 479 g/mol. The van der Waals surface area contributed by atoms with E-state index in [1.165, 1.54) is 18.4 Å². The number of aromatic nitrogens is 1. The summed E-state index contributed by atoms with van der Waals surface area (Å²) in [6, 6.07) is 3.78. The third kappa shape index (κ3) is 5.55. The Morgan fingerprint density at radius 1 is 1.20 bits per heavy atom. The van der Waals surface area contributed by atoms with E-state index in [0.29, 0.717) is 29.9 Å². The lowest BCUT2D eigenvalue weighted by Gasteiger charge is -2.38. The van der Waals surface area contributed by atoms with Crippen molar-refractivity contribution in [3.63, 3.8) is 0 Å². The predicted octanol–water partition coefficient (Wildman–Crippen LogP) is 6.60. The molecule has 35 heavy (non-hydrogen) atoms. The first-order chi connectivity index (χ1) is 16.9. The third-order valence-corrected chi connectivity index (χ3v) is 8.62. The number of ether oxygens (including phenoxy) is 1. The number of carboxylic acids is 1. The Balaban J connectivity index is 1.53. The molecule has 0 bridgehead atoms. The van der Waals surface area contributed by atoms with Crippen LogP contribution in [0.15, 0.2) is 54.3 Å².